The minimum Gasteiger partial charge on any atom is -0.496 e. The molecule has 0 bridgehead atoms. The first-order valence-electron chi connectivity index (χ1n) is 5.86. The highest BCUT2D eigenvalue weighted by Gasteiger charge is 2.15. The molecule has 0 saturated carbocycles. The second kappa shape index (κ2) is 4.82. The fourth-order valence-electron chi connectivity index (χ4n) is 2.14. The van der Waals surface area contributed by atoms with Gasteiger partial charge in [-0.1, -0.05) is 0 Å². The summed E-state index contributed by atoms with van der Waals surface area (Å²) in [6, 6.07) is 5.65. The molecule has 4 nitrogen and oxygen atoms in total. The minimum absolute atomic E-state index is 0.0878. The summed E-state index contributed by atoms with van der Waals surface area (Å²) in [5.74, 6) is 1.50. The number of nitrogens with zero attached hydrogens (tertiary/aromatic N) is 1. The van der Waals surface area contributed by atoms with Crippen LogP contribution in [0, 0.1) is 6.92 Å². The number of hydrogen-bond acceptors (Lipinski definition) is 4. The van der Waals surface area contributed by atoms with Crippen molar-refractivity contribution in [3.8, 4) is 11.5 Å². The third-order valence-corrected chi connectivity index (χ3v) is 2.97. The third-order valence-electron chi connectivity index (χ3n) is 2.97. The number of methoxy groups -OCH3 is 2. The maximum Gasteiger partial charge on any atom is 0.145 e. The Labute approximate surface area is 107 Å². The first kappa shape index (κ1) is 12.6. The molecule has 2 rings (SSSR count). The number of hydrogen-bond donors (Lipinski definition) is 1. The molecule has 0 fully saturated rings. The summed E-state index contributed by atoms with van der Waals surface area (Å²) < 4.78 is 10.8. The topological polar surface area (TPSA) is 57.4 Å². The highest BCUT2D eigenvalue weighted by atomic mass is 16.5. The quantitative estimate of drug-likeness (QED) is 0.904. The van der Waals surface area contributed by atoms with Crippen LogP contribution in [0.2, 0.25) is 0 Å². The van der Waals surface area contributed by atoms with Crippen molar-refractivity contribution in [2.24, 2.45) is 5.73 Å². The average Bonchev–Trinajstić information content (AvgIpc) is 2.36. The van der Waals surface area contributed by atoms with Crippen LogP contribution in [-0.2, 0) is 0 Å². The van der Waals surface area contributed by atoms with Crippen LogP contribution in [0.1, 0.15) is 24.2 Å². The van der Waals surface area contributed by atoms with Gasteiger partial charge in [-0.3, -0.25) is 0 Å². The largest absolute Gasteiger partial charge is 0.496 e. The average molecular weight is 246 g/mol. The fraction of sp³-hybridized carbons (Fsp3) is 0.357. The Kier molecular flexibility index (Phi) is 3.39. The van der Waals surface area contributed by atoms with E-state index in [0.717, 1.165) is 33.7 Å². The van der Waals surface area contributed by atoms with Gasteiger partial charge in [0, 0.05) is 11.7 Å². The standard InChI is InChI=1S/C14H18N2O2/c1-8-7-10(9(2)15)13-11(17-3)5-6-12(18-4)14(13)16-8/h5-7,9H,15H2,1-4H3. The molecule has 0 saturated heterocycles. The van der Waals surface area contributed by atoms with Crippen molar-refractivity contribution in [3.63, 3.8) is 0 Å². The van der Waals surface area contributed by atoms with Crippen molar-refractivity contribution in [3.05, 3.63) is 29.5 Å². The molecule has 4 heteroatoms. The Morgan fingerprint density at radius 2 is 1.78 bits per heavy atom. The third kappa shape index (κ3) is 1.99. The van der Waals surface area contributed by atoms with Crippen LogP contribution in [-0.4, -0.2) is 19.2 Å². The highest BCUT2D eigenvalue weighted by Crippen LogP contribution is 2.36. The number of ether oxygens (including phenoxy) is 2. The van der Waals surface area contributed by atoms with E-state index in [1.807, 2.05) is 32.0 Å². The molecule has 1 aromatic carbocycles. The molecule has 18 heavy (non-hydrogen) atoms. The smallest absolute Gasteiger partial charge is 0.145 e. The summed E-state index contributed by atoms with van der Waals surface area (Å²) in [6.45, 7) is 3.90. The van der Waals surface area contributed by atoms with Crippen LogP contribution in [0.25, 0.3) is 10.9 Å². The monoisotopic (exact) mass is 246 g/mol. The molecule has 1 atom stereocenters. The first-order chi connectivity index (χ1) is 8.58. The summed E-state index contributed by atoms with van der Waals surface area (Å²) in [6.07, 6.45) is 0. The predicted octanol–water partition coefficient (Wildman–Crippen LogP) is 2.58. The summed E-state index contributed by atoms with van der Waals surface area (Å²) in [4.78, 5) is 4.54. The number of nitrogens with two attached hydrogens (primary N) is 1. The molecule has 0 aliphatic rings. The molecule has 2 N–H and O–H groups in total. The number of benzene rings is 1. The van der Waals surface area contributed by atoms with Crippen molar-refractivity contribution in [2.75, 3.05) is 14.2 Å². The summed E-state index contributed by atoms with van der Waals surface area (Å²) >= 11 is 0. The Hall–Kier alpha value is -1.81. The van der Waals surface area contributed by atoms with Gasteiger partial charge in [0.1, 0.15) is 17.0 Å². The van der Waals surface area contributed by atoms with Crippen molar-refractivity contribution < 1.29 is 9.47 Å². The number of rotatable bonds is 3. The normalized spacial score (nSPS) is 12.5. The van der Waals surface area contributed by atoms with Gasteiger partial charge < -0.3 is 15.2 Å². The molecular weight excluding hydrogens is 228 g/mol. The van der Waals surface area contributed by atoms with Crippen molar-refractivity contribution in [1.29, 1.82) is 0 Å². The van der Waals surface area contributed by atoms with Gasteiger partial charge in [-0.15, -0.1) is 0 Å². The molecule has 1 unspecified atom stereocenters. The predicted molar refractivity (Wildman–Crippen MR) is 72.2 cm³/mol. The zero-order chi connectivity index (χ0) is 13.3. The van der Waals surface area contributed by atoms with Gasteiger partial charge in [0.25, 0.3) is 0 Å². The van der Waals surface area contributed by atoms with Gasteiger partial charge in [-0.05, 0) is 37.6 Å². The highest BCUT2D eigenvalue weighted by molar-refractivity contribution is 5.93. The van der Waals surface area contributed by atoms with E-state index in [2.05, 4.69) is 4.98 Å². The van der Waals surface area contributed by atoms with Crippen molar-refractivity contribution >= 4 is 10.9 Å². The van der Waals surface area contributed by atoms with E-state index in [1.54, 1.807) is 14.2 Å². The van der Waals surface area contributed by atoms with Gasteiger partial charge in [-0.25, -0.2) is 4.98 Å². The molecule has 0 spiro atoms. The Bertz CT molecular complexity index is 580. The molecule has 0 amide bonds. The fourth-order valence-corrected chi connectivity index (χ4v) is 2.14. The van der Waals surface area contributed by atoms with E-state index in [9.17, 15) is 0 Å². The summed E-state index contributed by atoms with van der Waals surface area (Å²) in [7, 11) is 3.28. The zero-order valence-corrected chi connectivity index (χ0v) is 11.2. The van der Waals surface area contributed by atoms with E-state index in [-0.39, 0.29) is 6.04 Å². The van der Waals surface area contributed by atoms with Crippen LogP contribution in [0.15, 0.2) is 18.2 Å². The van der Waals surface area contributed by atoms with Crippen molar-refractivity contribution in [1.82, 2.24) is 4.98 Å². The van der Waals surface area contributed by atoms with Crippen molar-refractivity contribution in [2.45, 2.75) is 19.9 Å². The van der Waals surface area contributed by atoms with Crippen LogP contribution >= 0.6 is 0 Å². The van der Waals surface area contributed by atoms with Gasteiger partial charge in [0.2, 0.25) is 0 Å². The zero-order valence-electron chi connectivity index (χ0n) is 11.2. The number of fused-ring (bicyclic) bond motifs is 1. The van der Waals surface area contributed by atoms with Gasteiger partial charge in [0.05, 0.1) is 19.6 Å². The number of aromatic nitrogens is 1. The Morgan fingerprint density at radius 1 is 1.17 bits per heavy atom. The SMILES string of the molecule is COc1ccc(OC)c2c(C(C)N)cc(C)nc12. The van der Waals surface area contributed by atoms with Crippen LogP contribution in [0.4, 0.5) is 0 Å². The number of aryl methyl sites for hydroxylation is 1. The molecule has 0 aliphatic carbocycles. The first-order valence-corrected chi connectivity index (χ1v) is 5.86. The lowest BCUT2D eigenvalue weighted by atomic mass is 10.0. The van der Waals surface area contributed by atoms with E-state index < -0.39 is 0 Å². The van der Waals surface area contributed by atoms with Crippen LogP contribution in [0.3, 0.4) is 0 Å². The summed E-state index contributed by atoms with van der Waals surface area (Å²) in [5.41, 5.74) is 8.77. The summed E-state index contributed by atoms with van der Waals surface area (Å²) in [5, 5.41) is 0.928. The molecular formula is C14H18N2O2. The van der Waals surface area contributed by atoms with Crippen LogP contribution < -0.4 is 15.2 Å². The number of pyridine rings is 1. The lowest BCUT2D eigenvalue weighted by Gasteiger charge is -2.15. The Morgan fingerprint density at radius 3 is 2.33 bits per heavy atom. The minimum atomic E-state index is -0.0878. The van der Waals surface area contributed by atoms with Gasteiger partial charge >= 0.3 is 0 Å². The van der Waals surface area contributed by atoms with Crippen LogP contribution in [0.5, 0.6) is 11.5 Å². The van der Waals surface area contributed by atoms with E-state index in [1.165, 1.54) is 0 Å². The maximum absolute atomic E-state index is 6.04. The second-order valence-electron chi connectivity index (χ2n) is 4.34. The lowest BCUT2D eigenvalue weighted by Crippen LogP contribution is -2.08. The van der Waals surface area contributed by atoms with Gasteiger partial charge in [-0.2, -0.15) is 0 Å². The molecule has 1 heterocycles. The second-order valence-corrected chi connectivity index (χ2v) is 4.34. The lowest BCUT2D eigenvalue weighted by molar-refractivity contribution is 0.409. The molecule has 1 aromatic heterocycles. The molecule has 2 aromatic rings. The molecule has 96 valence electrons. The van der Waals surface area contributed by atoms with E-state index in [4.69, 9.17) is 15.2 Å². The van der Waals surface area contributed by atoms with Gasteiger partial charge in [0.15, 0.2) is 0 Å². The van der Waals surface area contributed by atoms with E-state index >= 15 is 0 Å². The maximum atomic E-state index is 6.04. The van der Waals surface area contributed by atoms with E-state index in [0.29, 0.717) is 0 Å². The molecule has 0 radical (unpaired) electrons. The molecule has 0 aliphatic heterocycles. The Balaban J connectivity index is 2.91.